The molecule has 1 aliphatic heterocycles. The fourth-order valence-electron chi connectivity index (χ4n) is 4.18. The number of carbonyl (C=O) groups is 2. The topological polar surface area (TPSA) is 61.4 Å². The van der Waals surface area contributed by atoms with Gasteiger partial charge in [-0.3, -0.25) is 4.79 Å². The average molecular weight is 412 g/mol. The number of piperidine rings is 1. The molecule has 5 nitrogen and oxygen atoms in total. The Balaban J connectivity index is 1.62. The van der Waals surface area contributed by atoms with Crippen molar-refractivity contribution >= 4 is 35.1 Å². The van der Waals surface area contributed by atoms with Gasteiger partial charge in [0.2, 0.25) is 5.91 Å². The van der Waals surface area contributed by atoms with Crippen LogP contribution in [0.25, 0.3) is 0 Å². The van der Waals surface area contributed by atoms with Gasteiger partial charge in [0.15, 0.2) is 0 Å². The molecule has 2 N–H and O–H groups in total. The Morgan fingerprint density at radius 3 is 2.33 bits per heavy atom. The molecule has 1 aliphatic carbocycles. The third-order valence-electron chi connectivity index (χ3n) is 5.74. The van der Waals surface area contributed by atoms with Crippen molar-refractivity contribution in [2.75, 3.05) is 13.1 Å². The normalized spacial score (nSPS) is 19.7. The first-order valence-electron chi connectivity index (χ1n) is 9.71. The van der Waals surface area contributed by atoms with Crippen molar-refractivity contribution in [3.8, 4) is 0 Å². The third-order valence-corrected chi connectivity index (χ3v) is 6.48. The first kappa shape index (κ1) is 20.3. The van der Waals surface area contributed by atoms with Gasteiger partial charge in [0, 0.05) is 26.1 Å². The maximum Gasteiger partial charge on any atom is 0.315 e. The van der Waals surface area contributed by atoms with Crippen molar-refractivity contribution in [2.24, 2.45) is 5.92 Å². The van der Waals surface area contributed by atoms with Gasteiger partial charge in [0.05, 0.1) is 16.1 Å². The lowest BCUT2D eigenvalue weighted by Gasteiger charge is -2.32. The van der Waals surface area contributed by atoms with E-state index in [0.717, 1.165) is 31.2 Å². The molecule has 3 rings (SSSR count). The molecule has 1 saturated carbocycles. The number of urea groups is 1. The van der Waals surface area contributed by atoms with Crippen molar-refractivity contribution in [3.05, 3.63) is 33.8 Å². The van der Waals surface area contributed by atoms with Gasteiger partial charge in [-0.1, -0.05) is 42.1 Å². The van der Waals surface area contributed by atoms with Crippen LogP contribution in [0.2, 0.25) is 10.0 Å². The number of carbonyl (C=O) groups excluding carboxylic acids is 2. The Hall–Kier alpha value is -1.46. The molecule has 1 atom stereocenters. The SMILES string of the molecule is CC(=O)N1CCC(NC(=O)N[C@H](c2ccc(Cl)c(Cl)c2)C2CCCC2)CC1. The molecule has 2 aliphatic rings. The Morgan fingerprint density at radius 2 is 1.74 bits per heavy atom. The van der Waals surface area contributed by atoms with E-state index in [1.165, 1.54) is 12.8 Å². The zero-order valence-electron chi connectivity index (χ0n) is 15.6. The van der Waals surface area contributed by atoms with Crippen LogP contribution in [0.3, 0.4) is 0 Å². The molecule has 0 aromatic heterocycles. The molecule has 3 amide bonds. The number of hydrogen-bond donors (Lipinski definition) is 2. The second-order valence-corrected chi connectivity index (χ2v) is 8.41. The number of hydrogen-bond acceptors (Lipinski definition) is 2. The predicted octanol–water partition coefficient (Wildman–Crippen LogP) is 4.53. The van der Waals surface area contributed by atoms with Crippen LogP contribution >= 0.6 is 23.2 Å². The number of nitrogens with one attached hydrogen (secondary N) is 2. The van der Waals surface area contributed by atoms with E-state index in [-0.39, 0.29) is 24.0 Å². The monoisotopic (exact) mass is 411 g/mol. The largest absolute Gasteiger partial charge is 0.343 e. The quantitative estimate of drug-likeness (QED) is 0.763. The van der Waals surface area contributed by atoms with Crippen LogP contribution in [0.15, 0.2) is 18.2 Å². The van der Waals surface area contributed by atoms with Gasteiger partial charge >= 0.3 is 6.03 Å². The van der Waals surface area contributed by atoms with Gasteiger partial charge in [0.25, 0.3) is 0 Å². The molecule has 1 aromatic rings. The van der Waals surface area contributed by atoms with Crippen LogP contribution in [0.5, 0.6) is 0 Å². The summed E-state index contributed by atoms with van der Waals surface area (Å²) in [6.07, 6.45) is 6.15. The predicted molar refractivity (Wildman–Crippen MR) is 108 cm³/mol. The van der Waals surface area contributed by atoms with Crippen molar-refractivity contribution in [1.29, 1.82) is 0 Å². The second-order valence-electron chi connectivity index (χ2n) is 7.59. The summed E-state index contributed by atoms with van der Waals surface area (Å²) in [4.78, 5) is 25.9. The molecule has 1 saturated heterocycles. The van der Waals surface area contributed by atoms with Crippen LogP contribution < -0.4 is 10.6 Å². The van der Waals surface area contributed by atoms with E-state index in [1.807, 2.05) is 17.0 Å². The number of halogens is 2. The molecule has 1 heterocycles. The van der Waals surface area contributed by atoms with E-state index in [1.54, 1.807) is 13.0 Å². The molecule has 148 valence electrons. The van der Waals surface area contributed by atoms with E-state index >= 15 is 0 Å². The molecule has 1 aromatic carbocycles. The minimum absolute atomic E-state index is 0.0698. The van der Waals surface area contributed by atoms with E-state index in [9.17, 15) is 9.59 Å². The van der Waals surface area contributed by atoms with Crippen LogP contribution in [0.4, 0.5) is 4.79 Å². The smallest absolute Gasteiger partial charge is 0.315 e. The van der Waals surface area contributed by atoms with Gasteiger partial charge in [-0.2, -0.15) is 0 Å². The summed E-state index contributed by atoms with van der Waals surface area (Å²) in [5, 5.41) is 7.28. The van der Waals surface area contributed by atoms with Gasteiger partial charge < -0.3 is 15.5 Å². The highest BCUT2D eigenvalue weighted by Gasteiger charge is 2.29. The maximum atomic E-state index is 12.7. The number of benzene rings is 1. The lowest BCUT2D eigenvalue weighted by molar-refractivity contribution is -0.129. The minimum Gasteiger partial charge on any atom is -0.343 e. The maximum absolute atomic E-state index is 12.7. The van der Waals surface area contributed by atoms with Crippen molar-refractivity contribution in [1.82, 2.24) is 15.5 Å². The van der Waals surface area contributed by atoms with Gasteiger partial charge in [-0.05, 0) is 49.3 Å². The molecule has 27 heavy (non-hydrogen) atoms. The molecule has 0 radical (unpaired) electrons. The number of amides is 3. The Bertz CT molecular complexity index is 684. The fourth-order valence-corrected chi connectivity index (χ4v) is 4.48. The zero-order valence-corrected chi connectivity index (χ0v) is 17.2. The highest BCUT2D eigenvalue weighted by atomic mass is 35.5. The highest BCUT2D eigenvalue weighted by molar-refractivity contribution is 6.42. The van der Waals surface area contributed by atoms with Crippen LogP contribution in [0.1, 0.15) is 57.1 Å². The molecule has 7 heteroatoms. The first-order valence-corrected chi connectivity index (χ1v) is 10.5. The standard InChI is InChI=1S/C20H27Cl2N3O2/c1-13(26)25-10-8-16(9-11-25)23-20(27)24-19(14-4-2-3-5-14)15-6-7-17(21)18(22)12-15/h6-7,12,14,16,19H,2-5,8-11H2,1H3,(H2,23,24,27)/t19-/m0/s1. The molecular weight excluding hydrogens is 385 g/mol. The first-order chi connectivity index (χ1) is 12.9. The molecule has 0 bridgehead atoms. The second kappa shape index (κ2) is 9.16. The van der Waals surface area contributed by atoms with Gasteiger partial charge in [0.1, 0.15) is 0 Å². The van der Waals surface area contributed by atoms with Crippen molar-refractivity contribution < 1.29 is 9.59 Å². The molecule has 0 spiro atoms. The Labute approximate surface area is 170 Å². The highest BCUT2D eigenvalue weighted by Crippen LogP contribution is 2.37. The lowest BCUT2D eigenvalue weighted by Crippen LogP contribution is -2.49. The summed E-state index contributed by atoms with van der Waals surface area (Å²) in [6, 6.07) is 5.47. The van der Waals surface area contributed by atoms with Crippen LogP contribution in [-0.4, -0.2) is 36.0 Å². The van der Waals surface area contributed by atoms with E-state index in [4.69, 9.17) is 23.2 Å². The van der Waals surface area contributed by atoms with Crippen molar-refractivity contribution in [3.63, 3.8) is 0 Å². The minimum atomic E-state index is -0.153. The lowest BCUT2D eigenvalue weighted by atomic mass is 9.91. The fraction of sp³-hybridized carbons (Fsp3) is 0.600. The summed E-state index contributed by atoms with van der Waals surface area (Å²) in [5.74, 6) is 0.506. The van der Waals surface area contributed by atoms with Gasteiger partial charge in [-0.15, -0.1) is 0 Å². The summed E-state index contributed by atoms with van der Waals surface area (Å²) in [5.41, 5.74) is 0.998. The van der Waals surface area contributed by atoms with E-state index in [0.29, 0.717) is 29.1 Å². The summed E-state index contributed by atoms with van der Waals surface area (Å²) in [6.45, 7) is 2.97. The number of nitrogens with zero attached hydrogens (tertiary/aromatic N) is 1. The molecule has 2 fully saturated rings. The summed E-state index contributed by atoms with van der Waals surface area (Å²) < 4.78 is 0. The van der Waals surface area contributed by atoms with Crippen LogP contribution in [-0.2, 0) is 4.79 Å². The van der Waals surface area contributed by atoms with E-state index < -0.39 is 0 Å². The summed E-state index contributed by atoms with van der Waals surface area (Å²) >= 11 is 12.3. The average Bonchev–Trinajstić information content (AvgIpc) is 3.17. The zero-order chi connectivity index (χ0) is 19.4. The molecular formula is C20H27Cl2N3O2. The van der Waals surface area contributed by atoms with Crippen LogP contribution in [0, 0.1) is 5.92 Å². The van der Waals surface area contributed by atoms with Gasteiger partial charge in [-0.25, -0.2) is 4.79 Å². The molecule has 0 unspecified atom stereocenters. The Morgan fingerprint density at radius 1 is 1.07 bits per heavy atom. The Kier molecular flexibility index (Phi) is 6.88. The van der Waals surface area contributed by atoms with Crippen molar-refractivity contribution in [2.45, 2.75) is 57.5 Å². The number of rotatable bonds is 4. The van der Waals surface area contributed by atoms with E-state index in [2.05, 4.69) is 10.6 Å². The number of likely N-dealkylation sites (tertiary alicyclic amines) is 1. The summed E-state index contributed by atoms with van der Waals surface area (Å²) in [7, 11) is 0. The third kappa shape index (κ3) is 5.29.